The monoisotopic (exact) mass is 315 g/mol. The van der Waals surface area contributed by atoms with Crippen LogP contribution in [0.1, 0.15) is 19.3 Å². The molecule has 23 heavy (non-hydrogen) atoms. The second-order valence-electron chi connectivity index (χ2n) is 6.48. The van der Waals surface area contributed by atoms with Crippen LogP contribution >= 0.6 is 0 Å². The van der Waals surface area contributed by atoms with E-state index in [4.69, 9.17) is 4.74 Å². The molecule has 0 radical (unpaired) electrons. The molecule has 1 atom stereocenters. The molecule has 1 aromatic carbocycles. The number of piperidine rings is 1. The van der Waals surface area contributed by atoms with E-state index in [-0.39, 0.29) is 11.6 Å². The smallest absolute Gasteiger partial charge is 0.167 e. The zero-order valence-corrected chi connectivity index (χ0v) is 13.5. The predicted octanol–water partition coefficient (Wildman–Crippen LogP) is 3.06. The molecule has 0 spiro atoms. The van der Waals surface area contributed by atoms with Gasteiger partial charge in [-0.2, -0.15) is 0 Å². The van der Waals surface area contributed by atoms with Crippen LogP contribution in [0.15, 0.2) is 24.3 Å². The Morgan fingerprint density at radius 2 is 2.09 bits per heavy atom. The summed E-state index contributed by atoms with van der Waals surface area (Å²) in [5.74, 6) is 0.858. The van der Waals surface area contributed by atoms with E-state index in [0.29, 0.717) is 11.6 Å². The molecular formula is C18H22FN3O. The molecule has 0 aliphatic carbocycles. The molecule has 0 bridgehead atoms. The van der Waals surface area contributed by atoms with Crippen molar-refractivity contribution in [3.05, 3.63) is 30.1 Å². The largest absolute Gasteiger partial charge is 0.494 e. The minimum atomic E-state index is -0.359. The Labute approximate surface area is 135 Å². The van der Waals surface area contributed by atoms with Gasteiger partial charge in [-0.25, -0.2) is 9.37 Å². The third-order valence-corrected chi connectivity index (χ3v) is 5.11. The van der Waals surface area contributed by atoms with Crippen molar-refractivity contribution < 1.29 is 9.13 Å². The highest BCUT2D eigenvalue weighted by atomic mass is 19.1. The predicted molar refractivity (Wildman–Crippen MR) is 89.7 cm³/mol. The first-order valence-electron chi connectivity index (χ1n) is 8.38. The summed E-state index contributed by atoms with van der Waals surface area (Å²) in [4.78, 5) is 9.63. The van der Waals surface area contributed by atoms with Crippen LogP contribution in [-0.2, 0) is 0 Å². The van der Waals surface area contributed by atoms with Crippen molar-refractivity contribution in [3.8, 4) is 5.75 Å². The van der Waals surface area contributed by atoms with E-state index < -0.39 is 0 Å². The Hall–Kier alpha value is -1.88. The quantitative estimate of drug-likeness (QED) is 0.851. The first kappa shape index (κ1) is 14.7. The van der Waals surface area contributed by atoms with Gasteiger partial charge in [-0.1, -0.05) is 6.42 Å². The minimum Gasteiger partial charge on any atom is -0.494 e. The number of rotatable bonds is 2. The molecule has 2 saturated heterocycles. The van der Waals surface area contributed by atoms with E-state index in [1.54, 1.807) is 6.07 Å². The van der Waals surface area contributed by atoms with Crippen molar-refractivity contribution in [1.29, 1.82) is 0 Å². The number of anilines is 1. The van der Waals surface area contributed by atoms with Crippen LogP contribution in [0.3, 0.4) is 0 Å². The van der Waals surface area contributed by atoms with Gasteiger partial charge in [0, 0.05) is 37.1 Å². The lowest BCUT2D eigenvalue weighted by Crippen LogP contribution is -2.55. The first-order valence-corrected chi connectivity index (χ1v) is 8.38. The molecule has 2 aromatic rings. The molecule has 0 amide bonds. The highest BCUT2D eigenvalue weighted by molar-refractivity contribution is 5.82. The van der Waals surface area contributed by atoms with Crippen molar-refractivity contribution >= 4 is 16.7 Å². The van der Waals surface area contributed by atoms with E-state index >= 15 is 0 Å². The van der Waals surface area contributed by atoms with E-state index in [2.05, 4.69) is 14.8 Å². The van der Waals surface area contributed by atoms with Crippen LogP contribution in [0.2, 0.25) is 0 Å². The number of aromatic nitrogens is 1. The Kier molecular flexibility index (Phi) is 3.81. The molecule has 2 fully saturated rings. The molecule has 122 valence electrons. The number of hydrogen-bond donors (Lipinski definition) is 0. The van der Waals surface area contributed by atoms with Gasteiger partial charge in [0.25, 0.3) is 0 Å². The summed E-state index contributed by atoms with van der Waals surface area (Å²) >= 11 is 0. The van der Waals surface area contributed by atoms with E-state index in [1.165, 1.54) is 39.0 Å². The summed E-state index contributed by atoms with van der Waals surface area (Å²) in [6.07, 6.45) is 3.92. The van der Waals surface area contributed by atoms with E-state index in [1.807, 2.05) is 12.1 Å². The zero-order valence-electron chi connectivity index (χ0n) is 13.5. The summed E-state index contributed by atoms with van der Waals surface area (Å²) < 4.78 is 19.0. The molecule has 0 N–H and O–H groups in total. The molecule has 1 unspecified atom stereocenters. The summed E-state index contributed by atoms with van der Waals surface area (Å²) in [7, 11) is 1.48. The number of hydrogen-bond acceptors (Lipinski definition) is 4. The molecule has 2 aliphatic rings. The molecule has 2 aliphatic heterocycles. The number of piperazine rings is 1. The van der Waals surface area contributed by atoms with E-state index in [9.17, 15) is 4.39 Å². The fourth-order valence-corrected chi connectivity index (χ4v) is 3.81. The maximum atomic E-state index is 13.9. The van der Waals surface area contributed by atoms with Crippen LogP contribution in [0.4, 0.5) is 10.2 Å². The van der Waals surface area contributed by atoms with E-state index in [0.717, 1.165) is 30.8 Å². The number of halogens is 1. The standard InChI is InChI=1S/C18H22FN3O/c1-23-17-10-13-5-6-18(20-16(13)11-15(17)19)22-9-8-21-7-3-2-4-14(21)12-22/h5-6,10-11,14H,2-4,7-9,12H2,1H3. The second-order valence-corrected chi connectivity index (χ2v) is 6.48. The number of fused-ring (bicyclic) bond motifs is 2. The van der Waals surface area contributed by atoms with Crippen molar-refractivity contribution in [2.24, 2.45) is 0 Å². The van der Waals surface area contributed by atoms with Crippen LogP contribution in [0.25, 0.3) is 10.9 Å². The van der Waals surface area contributed by atoms with Crippen molar-refractivity contribution in [1.82, 2.24) is 9.88 Å². The lowest BCUT2D eigenvalue weighted by molar-refractivity contribution is 0.133. The number of benzene rings is 1. The maximum absolute atomic E-state index is 13.9. The highest BCUT2D eigenvalue weighted by Crippen LogP contribution is 2.28. The van der Waals surface area contributed by atoms with Crippen LogP contribution < -0.4 is 9.64 Å². The Morgan fingerprint density at radius 3 is 2.96 bits per heavy atom. The van der Waals surface area contributed by atoms with Gasteiger partial charge < -0.3 is 9.64 Å². The summed E-state index contributed by atoms with van der Waals surface area (Å²) in [6, 6.07) is 7.86. The van der Waals surface area contributed by atoms with Crippen LogP contribution in [0.5, 0.6) is 5.75 Å². The zero-order chi connectivity index (χ0) is 15.8. The molecule has 1 aromatic heterocycles. The number of methoxy groups -OCH3 is 1. The minimum absolute atomic E-state index is 0.267. The molecule has 4 nitrogen and oxygen atoms in total. The third kappa shape index (κ3) is 2.74. The van der Waals surface area contributed by atoms with Crippen LogP contribution in [0, 0.1) is 5.82 Å². The highest BCUT2D eigenvalue weighted by Gasteiger charge is 2.29. The summed E-state index contributed by atoms with van der Waals surface area (Å²) in [5, 5.41) is 0.906. The van der Waals surface area contributed by atoms with Gasteiger partial charge in [-0.3, -0.25) is 4.90 Å². The van der Waals surface area contributed by atoms with Gasteiger partial charge in [0.15, 0.2) is 11.6 Å². The second kappa shape index (κ2) is 5.96. The number of pyridine rings is 1. The maximum Gasteiger partial charge on any atom is 0.167 e. The van der Waals surface area contributed by atoms with Crippen LogP contribution in [-0.4, -0.2) is 49.2 Å². The van der Waals surface area contributed by atoms with Crippen molar-refractivity contribution in [3.63, 3.8) is 0 Å². The third-order valence-electron chi connectivity index (χ3n) is 5.11. The Bertz CT molecular complexity index is 721. The first-order chi connectivity index (χ1) is 11.2. The number of ether oxygens (including phenoxy) is 1. The van der Waals surface area contributed by atoms with Gasteiger partial charge in [0.05, 0.1) is 12.6 Å². The molecule has 4 rings (SSSR count). The van der Waals surface area contributed by atoms with Gasteiger partial charge in [0.2, 0.25) is 0 Å². The van der Waals surface area contributed by atoms with Gasteiger partial charge >= 0.3 is 0 Å². The Balaban J connectivity index is 1.61. The lowest BCUT2D eigenvalue weighted by atomic mass is 9.99. The lowest BCUT2D eigenvalue weighted by Gasteiger charge is -2.44. The average Bonchev–Trinajstić information content (AvgIpc) is 2.60. The van der Waals surface area contributed by atoms with Gasteiger partial charge in [-0.05, 0) is 37.6 Å². The SMILES string of the molecule is COc1cc2ccc(N3CCN4CCCCC4C3)nc2cc1F. The Morgan fingerprint density at radius 1 is 1.17 bits per heavy atom. The average molecular weight is 315 g/mol. The van der Waals surface area contributed by atoms with Crippen molar-refractivity contribution in [2.45, 2.75) is 25.3 Å². The summed E-state index contributed by atoms with van der Waals surface area (Å²) in [5.41, 5.74) is 0.687. The molecule has 5 heteroatoms. The number of nitrogens with zero attached hydrogens (tertiary/aromatic N) is 3. The fourth-order valence-electron chi connectivity index (χ4n) is 3.81. The molecule has 3 heterocycles. The topological polar surface area (TPSA) is 28.6 Å². The fraction of sp³-hybridized carbons (Fsp3) is 0.500. The van der Waals surface area contributed by atoms with Gasteiger partial charge in [-0.15, -0.1) is 0 Å². The van der Waals surface area contributed by atoms with Gasteiger partial charge in [0.1, 0.15) is 5.82 Å². The van der Waals surface area contributed by atoms with Crippen molar-refractivity contribution in [2.75, 3.05) is 38.2 Å². The molecule has 0 saturated carbocycles. The molecular weight excluding hydrogens is 293 g/mol. The summed E-state index contributed by atoms with van der Waals surface area (Å²) in [6.45, 7) is 4.35. The normalized spacial score (nSPS) is 22.2.